The molecule has 0 amide bonds. The molecule has 0 bridgehead atoms. The number of rotatable bonds is 8. The summed E-state index contributed by atoms with van der Waals surface area (Å²) in [6, 6.07) is 0. The zero-order valence-electron chi connectivity index (χ0n) is 12.2. The first-order chi connectivity index (χ1) is 9.80. The van der Waals surface area contributed by atoms with E-state index < -0.39 is 5.60 Å². The van der Waals surface area contributed by atoms with Gasteiger partial charge in [-0.1, -0.05) is 5.16 Å². The molecule has 0 aromatic carbocycles. The molecule has 2 heterocycles. The minimum Gasteiger partial charge on any atom is -0.383 e. The third kappa shape index (κ3) is 3.76. The summed E-state index contributed by atoms with van der Waals surface area (Å²) in [5, 5.41) is 7.27. The summed E-state index contributed by atoms with van der Waals surface area (Å²) in [5.41, 5.74) is -0.457. The van der Waals surface area contributed by atoms with Gasteiger partial charge in [-0.25, -0.2) is 0 Å². The van der Waals surface area contributed by atoms with Gasteiger partial charge in [-0.2, -0.15) is 4.98 Å². The topological polar surface area (TPSA) is 78.6 Å². The molecular formula is C13H23N3O4. The summed E-state index contributed by atoms with van der Waals surface area (Å²) in [5.74, 6) is 1.20. The van der Waals surface area contributed by atoms with E-state index in [9.17, 15) is 0 Å². The van der Waals surface area contributed by atoms with Crippen molar-refractivity contribution in [2.75, 3.05) is 40.1 Å². The van der Waals surface area contributed by atoms with Gasteiger partial charge in [-0.3, -0.25) is 0 Å². The number of methoxy groups -OCH3 is 1. The lowest BCUT2D eigenvalue weighted by Crippen LogP contribution is -2.37. The van der Waals surface area contributed by atoms with Gasteiger partial charge in [-0.05, 0) is 6.92 Å². The second-order valence-corrected chi connectivity index (χ2v) is 4.72. The van der Waals surface area contributed by atoms with Crippen molar-refractivity contribution in [1.29, 1.82) is 0 Å². The van der Waals surface area contributed by atoms with Gasteiger partial charge in [0.1, 0.15) is 5.60 Å². The standard InChI is InChI=1S/C13H23N3O4/c1-3-19-13(4-7-18-8-5-13)12-15-11(20-16-12)10-14-6-9-17-2/h14H,3-10H2,1-2H3. The molecule has 0 unspecified atom stereocenters. The quantitative estimate of drug-likeness (QED) is 0.709. The van der Waals surface area contributed by atoms with Gasteiger partial charge in [0.2, 0.25) is 11.7 Å². The summed E-state index contributed by atoms with van der Waals surface area (Å²) < 4.78 is 21.6. The molecule has 1 aromatic rings. The van der Waals surface area contributed by atoms with Crippen LogP contribution in [0.25, 0.3) is 0 Å². The molecular weight excluding hydrogens is 262 g/mol. The number of hydrogen-bond acceptors (Lipinski definition) is 7. The molecule has 1 fully saturated rings. The van der Waals surface area contributed by atoms with Crippen molar-refractivity contribution in [3.63, 3.8) is 0 Å². The highest BCUT2D eigenvalue weighted by Gasteiger charge is 2.39. The van der Waals surface area contributed by atoms with Crippen molar-refractivity contribution in [2.24, 2.45) is 0 Å². The fraction of sp³-hybridized carbons (Fsp3) is 0.846. The van der Waals surface area contributed by atoms with Gasteiger partial charge in [0.25, 0.3) is 0 Å². The highest BCUT2D eigenvalue weighted by molar-refractivity contribution is 5.03. The van der Waals surface area contributed by atoms with E-state index in [0.29, 0.717) is 44.7 Å². The first kappa shape index (κ1) is 15.4. The van der Waals surface area contributed by atoms with Crippen LogP contribution in [0.1, 0.15) is 31.5 Å². The third-order valence-corrected chi connectivity index (χ3v) is 3.36. The molecule has 7 nitrogen and oxygen atoms in total. The highest BCUT2D eigenvalue weighted by atomic mass is 16.5. The van der Waals surface area contributed by atoms with Gasteiger partial charge in [0.05, 0.1) is 13.2 Å². The molecule has 7 heteroatoms. The Bertz CT molecular complexity index is 385. The molecule has 0 atom stereocenters. The average molecular weight is 285 g/mol. The van der Waals surface area contributed by atoms with Gasteiger partial charge in [0, 0.05) is 46.3 Å². The third-order valence-electron chi connectivity index (χ3n) is 3.36. The Morgan fingerprint density at radius 2 is 2.15 bits per heavy atom. The molecule has 0 spiro atoms. The zero-order valence-corrected chi connectivity index (χ0v) is 12.2. The largest absolute Gasteiger partial charge is 0.383 e. The lowest BCUT2D eigenvalue weighted by atomic mass is 9.93. The Hall–Kier alpha value is -1.02. The Labute approximate surface area is 119 Å². The van der Waals surface area contributed by atoms with Crippen LogP contribution in [-0.4, -0.2) is 50.2 Å². The first-order valence-corrected chi connectivity index (χ1v) is 7.05. The molecule has 0 aliphatic carbocycles. The fourth-order valence-electron chi connectivity index (χ4n) is 2.29. The lowest BCUT2D eigenvalue weighted by molar-refractivity contribution is -0.118. The van der Waals surface area contributed by atoms with E-state index in [2.05, 4.69) is 15.5 Å². The summed E-state index contributed by atoms with van der Waals surface area (Å²) in [6.45, 7) is 5.86. The Morgan fingerprint density at radius 1 is 1.35 bits per heavy atom. The summed E-state index contributed by atoms with van der Waals surface area (Å²) >= 11 is 0. The normalized spacial score (nSPS) is 18.3. The summed E-state index contributed by atoms with van der Waals surface area (Å²) in [7, 11) is 1.67. The maximum Gasteiger partial charge on any atom is 0.240 e. The van der Waals surface area contributed by atoms with Crippen LogP contribution in [0.5, 0.6) is 0 Å². The minimum absolute atomic E-state index is 0.457. The second kappa shape index (κ2) is 7.68. The van der Waals surface area contributed by atoms with Crippen LogP contribution in [0.15, 0.2) is 4.52 Å². The van der Waals surface area contributed by atoms with E-state index in [0.717, 1.165) is 19.4 Å². The summed E-state index contributed by atoms with van der Waals surface area (Å²) in [6.07, 6.45) is 1.52. The highest BCUT2D eigenvalue weighted by Crippen LogP contribution is 2.34. The number of aromatic nitrogens is 2. The number of nitrogens with one attached hydrogen (secondary N) is 1. The van der Waals surface area contributed by atoms with E-state index in [1.54, 1.807) is 7.11 Å². The molecule has 0 saturated carbocycles. The molecule has 1 saturated heterocycles. The summed E-state index contributed by atoms with van der Waals surface area (Å²) in [4.78, 5) is 4.46. The van der Waals surface area contributed by atoms with E-state index in [1.165, 1.54) is 0 Å². The average Bonchev–Trinajstić information content (AvgIpc) is 2.94. The van der Waals surface area contributed by atoms with Crippen LogP contribution >= 0.6 is 0 Å². The molecule has 20 heavy (non-hydrogen) atoms. The van der Waals surface area contributed by atoms with Crippen LogP contribution in [0.2, 0.25) is 0 Å². The Kier molecular flexibility index (Phi) is 5.90. The van der Waals surface area contributed by atoms with Crippen molar-refractivity contribution >= 4 is 0 Å². The van der Waals surface area contributed by atoms with Crippen molar-refractivity contribution < 1.29 is 18.7 Å². The molecule has 1 aliphatic rings. The predicted octanol–water partition coefficient (Wildman–Crippen LogP) is 0.848. The maximum atomic E-state index is 5.91. The van der Waals surface area contributed by atoms with Crippen molar-refractivity contribution in [1.82, 2.24) is 15.5 Å². The van der Waals surface area contributed by atoms with Crippen LogP contribution in [-0.2, 0) is 26.4 Å². The molecule has 1 aromatic heterocycles. The zero-order chi connectivity index (χ0) is 14.3. The molecule has 0 radical (unpaired) electrons. The lowest BCUT2D eigenvalue weighted by Gasteiger charge is -2.33. The molecule has 1 N–H and O–H groups in total. The fourth-order valence-corrected chi connectivity index (χ4v) is 2.29. The van der Waals surface area contributed by atoms with Crippen molar-refractivity contribution in [2.45, 2.75) is 31.9 Å². The number of ether oxygens (including phenoxy) is 3. The van der Waals surface area contributed by atoms with Gasteiger partial charge >= 0.3 is 0 Å². The first-order valence-electron chi connectivity index (χ1n) is 7.05. The van der Waals surface area contributed by atoms with Crippen molar-refractivity contribution in [3.8, 4) is 0 Å². The molecule has 1 aliphatic heterocycles. The van der Waals surface area contributed by atoms with Gasteiger partial charge < -0.3 is 24.1 Å². The second-order valence-electron chi connectivity index (χ2n) is 4.72. The van der Waals surface area contributed by atoms with Crippen molar-refractivity contribution in [3.05, 3.63) is 11.7 Å². The molecule has 114 valence electrons. The number of nitrogens with zero attached hydrogens (tertiary/aromatic N) is 2. The van der Waals surface area contributed by atoms with E-state index in [1.807, 2.05) is 6.92 Å². The Morgan fingerprint density at radius 3 is 2.85 bits per heavy atom. The van der Waals surface area contributed by atoms with E-state index >= 15 is 0 Å². The predicted molar refractivity (Wildman–Crippen MR) is 71.2 cm³/mol. The number of hydrogen-bond donors (Lipinski definition) is 1. The smallest absolute Gasteiger partial charge is 0.240 e. The van der Waals surface area contributed by atoms with E-state index in [4.69, 9.17) is 18.7 Å². The Balaban J connectivity index is 1.97. The van der Waals surface area contributed by atoms with Gasteiger partial charge in [-0.15, -0.1) is 0 Å². The van der Waals surface area contributed by atoms with Crippen LogP contribution in [0.4, 0.5) is 0 Å². The van der Waals surface area contributed by atoms with Crippen LogP contribution < -0.4 is 5.32 Å². The van der Waals surface area contributed by atoms with Gasteiger partial charge in [0.15, 0.2) is 0 Å². The van der Waals surface area contributed by atoms with Crippen LogP contribution in [0, 0.1) is 0 Å². The minimum atomic E-state index is -0.457. The van der Waals surface area contributed by atoms with Crippen LogP contribution in [0.3, 0.4) is 0 Å². The monoisotopic (exact) mass is 285 g/mol. The van der Waals surface area contributed by atoms with E-state index in [-0.39, 0.29) is 0 Å². The maximum absolute atomic E-state index is 5.91. The molecule has 2 rings (SSSR count). The SMILES string of the molecule is CCOC1(c2noc(CNCCOC)n2)CCOCC1.